The van der Waals surface area contributed by atoms with E-state index in [-0.39, 0.29) is 0 Å². The van der Waals surface area contributed by atoms with Gasteiger partial charge < -0.3 is 4.90 Å². The van der Waals surface area contributed by atoms with Crippen molar-refractivity contribution in [3.05, 3.63) is 18.0 Å². The Bertz CT molecular complexity index is 366. The van der Waals surface area contributed by atoms with Crippen molar-refractivity contribution in [2.45, 2.75) is 33.7 Å². The molecule has 0 aromatic carbocycles. The molecule has 0 aliphatic heterocycles. The lowest BCUT2D eigenvalue weighted by atomic mass is 10.3. The third-order valence-electron chi connectivity index (χ3n) is 3.52. The van der Waals surface area contributed by atoms with Crippen molar-refractivity contribution in [3.8, 4) is 0 Å². The van der Waals surface area contributed by atoms with E-state index in [1.165, 1.54) is 6.42 Å². The molecule has 114 valence electrons. The third kappa shape index (κ3) is 5.81. The van der Waals surface area contributed by atoms with Crippen LogP contribution in [0.4, 0.5) is 5.95 Å². The molecule has 0 unspecified atom stereocenters. The van der Waals surface area contributed by atoms with Gasteiger partial charge in [-0.2, -0.15) is 0 Å². The van der Waals surface area contributed by atoms with Crippen molar-refractivity contribution in [2.24, 2.45) is 5.84 Å². The molecule has 0 aliphatic rings. The average Bonchev–Trinajstić information content (AvgIpc) is 2.50. The van der Waals surface area contributed by atoms with E-state index in [2.05, 4.69) is 46.0 Å². The molecular formula is C14H28N6. The van der Waals surface area contributed by atoms with Gasteiger partial charge in [0.05, 0.1) is 5.69 Å². The summed E-state index contributed by atoms with van der Waals surface area (Å²) in [6, 6.07) is 1.94. The van der Waals surface area contributed by atoms with Gasteiger partial charge in [-0.1, -0.05) is 20.8 Å². The van der Waals surface area contributed by atoms with Crippen molar-refractivity contribution in [2.75, 3.05) is 38.1 Å². The fourth-order valence-electron chi connectivity index (χ4n) is 2.19. The van der Waals surface area contributed by atoms with Crippen LogP contribution in [0, 0.1) is 0 Å². The van der Waals surface area contributed by atoms with E-state index >= 15 is 0 Å². The standard InChI is InChI=1S/C14H28N6/c1-4-19(5-2)10-7-11-20(6-3)12-13-8-9-16-14(17-13)18-15/h8-9H,4-7,10-12,15H2,1-3H3,(H,16,17,18). The minimum Gasteiger partial charge on any atom is -0.304 e. The zero-order valence-electron chi connectivity index (χ0n) is 13.0. The first-order valence-corrected chi connectivity index (χ1v) is 7.46. The lowest BCUT2D eigenvalue weighted by molar-refractivity contribution is 0.237. The van der Waals surface area contributed by atoms with E-state index in [0.29, 0.717) is 5.95 Å². The zero-order valence-corrected chi connectivity index (χ0v) is 13.0. The molecule has 3 N–H and O–H groups in total. The Morgan fingerprint density at radius 2 is 1.75 bits per heavy atom. The van der Waals surface area contributed by atoms with Crippen LogP contribution in [0.1, 0.15) is 32.9 Å². The SMILES string of the molecule is CCN(CC)CCCN(CC)Cc1ccnc(NN)n1. The first-order chi connectivity index (χ1) is 9.73. The molecule has 0 bridgehead atoms. The van der Waals surface area contributed by atoms with Gasteiger partial charge >= 0.3 is 0 Å². The number of aromatic nitrogens is 2. The van der Waals surface area contributed by atoms with Gasteiger partial charge in [0.1, 0.15) is 0 Å². The lowest BCUT2D eigenvalue weighted by Gasteiger charge is -2.23. The summed E-state index contributed by atoms with van der Waals surface area (Å²) in [5.41, 5.74) is 3.48. The topological polar surface area (TPSA) is 70.3 Å². The van der Waals surface area contributed by atoms with Crippen LogP contribution in [0.2, 0.25) is 0 Å². The van der Waals surface area contributed by atoms with Crippen LogP contribution in [-0.2, 0) is 6.54 Å². The number of hydrogen-bond donors (Lipinski definition) is 2. The Kier molecular flexibility index (Phi) is 8.10. The Hall–Kier alpha value is -1.24. The van der Waals surface area contributed by atoms with E-state index in [1.54, 1.807) is 6.20 Å². The Balaban J connectivity index is 2.42. The van der Waals surface area contributed by atoms with Crippen LogP contribution in [0.15, 0.2) is 12.3 Å². The van der Waals surface area contributed by atoms with Crippen LogP contribution in [0.5, 0.6) is 0 Å². The molecule has 1 aromatic heterocycles. The quantitative estimate of drug-likeness (QED) is 0.497. The summed E-state index contributed by atoms with van der Waals surface area (Å²) in [6.45, 7) is 13.0. The second kappa shape index (κ2) is 9.63. The molecular weight excluding hydrogens is 252 g/mol. The predicted molar refractivity (Wildman–Crippen MR) is 83.2 cm³/mol. The minimum absolute atomic E-state index is 0.474. The summed E-state index contributed by atoms with van der Waals surface area (Å²) >= 11 is 0. The molecule has 0 saturated carbocycles. The summed E-state index contributed by atoms with van der Waals surface area (Å²) in [6.07, 6.45) is 2.92. The van der Waals surface area contributed by atoms with Crippen molar-refractivity contribution < 1.29 is 0 Å². The van der Waals surface area contributed by atoms with Gasteiger partial charge in [0.15, 0.2) is 0 Å². The number of nitrogens with zero attached hydrogens (tertiary/aromatic N) is 4. The summed E-state index contributed by atoms with van der Waals surface area (Å²) in [7, 11) is 0. The molecule has 1 heterocycles. The van der Waals surface area contributed by atoms with Crippen LogP contribution < -0.4 is 11.3 Å². The summed E-state index contributed by atoms with van der Waals surface area (Å²) < 4.78 is 0. The second-order valence-corrected chi connectivity index (χ2v) is 4.77. The Morgan fingerprint density at radius 1 is 1.10 bits per heavy atom. The highest BCUT2D eigenvalue weighted by Gasteiger charge is 2.07. The molecule has 0 spiro atoms. The lowest BCUT2D eigenvalue weighted by Crippen LogP contribution is -2.30. The number of hydrogen-bond acceptors (Lipinski definition) is 6. The van der Waals surface area contributed by atoms with Crippen molar-refractivity contribution in [1.29, 1.82) is 0 Å². The molecule has 20 heavy (non-hydrogen) atoms. The van der Waals surface area contributed by atoms with Gasteiger partial charge in [0.2, 0.25) is 5.95 Å². The number of hydrazine groups is 1. The number of nitrogen functional groups attached to an aromatic ring is 1. The smallest absolute Gasteiger partial charge is 0.237 e. The zero-order chi connectivity index (χ0) is 14.8. The van der Waals surface area contributed by atoms with Crippen molar-refractivity contribution >= 4 is 5.95 Å². The van der Waals surface area contributed by atoms with Gasteiger partial charge in [-0.25, -0.2) is 15.8 Å². The van der Waals surface area contributed by atoms with Gasteiger partial charge in [-0.05, 0) is 45.2 Å². The van der Waals surface area contributed by atoms with E-state index in [4.69, 9.17) is 5.84 Å². The molecule has 6 nitrogen and oxygen atoms in total. The molecule has 0 aliphatic carbocycles. The number of anilines is 1. The van der Waals surface area contributed by atoms with Crippen molar-refractivity contribution in [3.63, 3.8) is 0 Å². The fourth-order valence-corrected chi connectivity index (χ4v) is 2.19. The number of rotatable bonds is 10. The van der Waals surface area contributed by atoms with E-state index in [9.17, 15) is 0 Å². The molecule has 0 saturated heterocycles. The molecule has 6 heteroatoms. The van der Waals surface area contributed by atoms with Gasteiger partial charge in [-0.15, -0.1) is 0 Å². The minimum atomic E-state index is 0.474. The van der Waals surface area contributed by atoms with Crippen LogP contribution in [0.25, 0.3) is 0 Å². The molecule has 1 aromatic rings. The molecule has 0 atom stereocenters. The maximum atomic E-state index is 5.33. The maximum absolute atomic E-state index is 5.33. The molecule has 0 radical (unpaired) electrons. The van der Waals surface area contributed by atoms with E-state index < -0.39 is 0 Å². The number of nitrogens with one attached hydrogen (secondary N) is 1. The van der Waals surface area contributed by atoms with Crippen LogP contribution in [0.3, 0.4) is 0 Å². The highest BCUT2D eigenvalue weighted by atomic mass is 15.3. The van der Waals surface area contributed by atoms with E-state index in [1.807, 2.05) is 6.07 Å². The fraction of sp³-hybridized carbons (Fsp3) is 0.714. The Labute approximate surface area is 122 Å². The number of nitrogens with two attached hydrogens (primary N) is 1. The average molecular weight is 280 g/mol. The van der Waals surface area contributed by atoms with E-state index in [0.717, 1.165) is 45.0 Å². The maximum Gasteiger partial charge on any atom is 0.237 e. The predicted octanol–water partition coefficient (Wildman–Crippen LogP) is 1.32. The van der Waals surface area contributed by atoms with Gasteiger partial charge in [0, 0.05) is 12.7 Å². The normalized spacial score (nSPS) is 11.3. The largest absolute Gasteiger partial charge is 0.304 e. The molecule has 1 rings (SSSR count). The van der Waals surface area contributed by atoms with Crippen LogP contribution in [-0.4, -0.2) is 52.5 Å². The highest BCUT2D eigenvalue weighted by molar-refractivity contribution is 5.22. The summed E-state index contributed by atoms with van der Waals surface area (Å²) in [5, 5.41) is 0. The monoisotopic (exact) mass is 280 g/mol. The molecule has 0 amide bonds. The third-order valence-corrected chi connectivity index (χ3v) is 3.52. The van der Waals surface area contributed by atoms with Crippen LogP contribution >= 0.6 is 0 Å². The summed E-state index contributed by atoms with van der Waals surface area (Å²) in [5.74, 6) is 5.81. The Morgan fingerprint density at radius 3 is 2.35 bits per heavy atom. The second-order valence-electron chi connectivity index (χ2n) is 4.77. The first-order valence-electron chi connectivity index (χ1n) is 7.46. The molecule has 0 fully saturated rings. The first kappa shape index (κ1) is 16.8. The summed E-state index contributed by atoms with van der Waals surface area (Å²) in [4.78, 5) is 13.2. The van der Waals surface area contributed by atoms with Crippen molar-refractivity contribution in [1.82, 2.24) is 19.8 Å². The van der Waals surface area contributed by atoms with Gasteiger partial charge in [0.25, 0.3) is 0 Å². The highest BCUT2D eigenvalue weighted by Crippen LogP contribution is 2.05. The van der Waals surface area contributed by atoms with Gasteiger partial charge in [-0.3, -0.25) is 10.3 Å².